The molecule has 0 atom stereocenters. The van der Waals surface area contributed by atoms with E-state index in [1.807, 2.05) is 19.9 Å². The Labute approximate surface area is 157 Å². The van der Waals surface area contributed by atoms with Gasteiger partial charge in [-0.1, -0.05) is 0 Å². The Morgan fingerprint density at radius 1 is 1.15 bits per heavy atom. The summed E-state index contributed by atoms with van der Waals surface area (Å²) in [6, 6.07) is 3.27. The van der Waals surface area contributed by atoms with Gasteiger partial charge in [0.15, 0.2) is 0 Å². The lowest BCUT2D eigenvalue weighted by Gasteiger charge is -2.17. The van der Waals surface area contributed by atoms with E-state index in [0.29, 0.717) is 17.8 Å². The number of guanidine groups is 1. The lowest BCUT2D eigenvalue weighted by Crippen LogP contribution is -2.43. The molecule has 0 aliphatic rings. The third kappa shape index (κ3) is 5.00. The van der Waals surface area contributed by atoms with Gasteiger partial charge in [-0.3, -0.25) is 15.1 Å². The van der Waals surface area contributed by atoms with Crippen molar-refractivity contribution in [3.63, 3.8) is 0 Å². The molecule has 3 amide bonds. The number of benzene rings is 1. The molecule has 0 bridgehead atoms. The topological polar surface area (TPSA) is 120 Å². The van der Waals surface area contributed by atoms with Crippen molar-refractivity contribution >= 4 is 23.6 Å². The number of nitrogens with zero attached hydrogens (tertiary/aromatic N) is 3. The molecule has 1 aromatic carbocycles. The van der Waals surface area contributed by atoms with Crippen LogP contribution < -0.4 is 21.3 Å². The molecule has 1 heterocycles. The summed E-state index contributed by atoms with van der Waals surface area (Å²) >= 11 is 0. The Hall–Kier alpha value is -3.49. The molecule has 0 radical (unpaired) electrons. The van der Waals surface area contributed by atoms with E-state index in [9.17, 15) is 9.59 Å². The van der Waals surface area contributed by atoms with Crippen molar-refractivity contribution in [3.8, 4) is 11.1 Å². The van der Waals surface area contributed by atoms with Crippen LogP contribution >= 0.6 is 0 Å². The van der Waals surface area contributed by atoms with Crippen molar-refractivity contribution < 1.29 is 9.59 Å². The Bertz CT molecular complexity index is 850. The third-order valence-electron chi connectivity index (χ3n) is 3.74. The fourth-order valence-electron chi connectivity index (χ4n) is 2.46. The molecule has 27 heavy (non-hydrogen) atoms. The quantitative estimate of drug-likeness (QED) is 0.481. The van der Waals surface area contributed by atoms with Crippen molar-refractivity contribution in [1.82, 2.24) is 25.9 Å². The van der Waals surface area contributed by atoms with E-state index in [1.54, 1.807) is 32.6 Å². The minimum absolute atomic E-state index is 0.227. The average molecular weight is 369 g/mol. The number of aliphatic imine (C=N–C) groups is 1. The summed E-state index contributed by atoms with van der Waals surface area (Å²) in [7, 11) is 3.10. The Morgan fingerprint density at radius 3 is 2.44 bits per heavy atom. The molecule has 0 spiro atoms. The minimum atomic E-state index is -0.386. The molecule has 0 aliphatic heterocycles. The number of hydrogen-bond acceptors (Lipinski definition) is 5. The summed E-state index contributed by atoms with van der Waals surface area (Å²) in [6.07, 6.45) is 4.80. The van der Waals surface area contributed by atoms with Crippen LogP contribution in [-0.4, -0.2) is 48.5 Å². The molecular weight excluding hydrogens is 346 g/mol. The standard InChI is InChI=1S/C18H23N7O2/c1-5-23-18(27)25-17(20-4)24-15-11(2)6-12(7-14(15)16(26)19-3)13-8-21-10-22-9-13/h6-10H,5H2,1-4H3,(H,19,26)(H3,20,23,24,25,27). The zero-order valence-electron chi connectivity index (χ0n) is 15.8. The van der Waals surface area contributed by atoms with Gasteiger partial charge >= 0.3 is 6.03 Å². The second-order valence-corrected chi connectivity index (χ2v) is 5.60. The molecule has 142 valence electrons. The van der Waals surface area contributed by atoms with E-state index in [-0.39, 0.29) is 17.9 Å². The Kier molecular flexibility index (Phi) is 6.81. The fourth-order valence-corrected chi connectivity index (χ4v) is 2.46. The summed E-state index contributed by atoms with van der Waals surface area (Å²) < 4.78 is 0. The van der Waals surface area contributed by atoms with Gasteiger partial charge in [-0.05, 0) is 37.1 Å². The van der Waals surface area contributed by atoms with Gasteiger partial charge in [0.1, 0.15) is 6.33 Å². The van der Waals surface area contributed by atoms with E-state index in [2.05, 4.69) is 36.2 Å². The van der Waals surface area contributed by atoms with E-state index >= 15 is 0 Å². The predicted molar refractivity (Wildman–Crippen MR) is 105 cm³/mol. The molecule has 0 aliphatic carbocycles. The first-order chi connectivity index (χ1) is 13.0. The first kappa shape index (κ1) is 19.8. The van der Waals surface area contributed by atoms with Crippen LogP contribution in [0.1, 0.15) is 22.8 Å². The van der Waals surface area contributed by atoms with Gasteiger partial charge in [0.05, 0.1) is 11.3 Å². The van der Waals surface area contributed by atoms with E-state index in [4.69, 9.17) is 0 Å². The second kappa shape index (κ2) is 9.27. The van der Waals surface area contributed by atoms with Crippen LogP contribution in [-0.2, 0) is 0 Å². The summed E-state index contributed by atoms with van der Waals surface area (Å²) in [6.45, 7) is 4.16. The number of hydrogen-bond donors (Lipinski definition) is 4. The molecule has 0 saturated carbocycles. The van der Waals surface area contributed by atoms with Crippen LogP contribution in [0, 0.1) is 6.92 Å². The van der Waals surface area contributed by atoms with Crippen molar-refractivity contribution in [1.29, 1.82) is 0 Å². The largest absolute Gasteiger partial charge is 0.355 e. The van der Waals surface area contributed by atoms with E-state index < -0.39 is 0 Å². The zero-order valence-corrected chi connectivity index (χ0v) is 15.8. The number of amides is 3. The first-order valence-corrected chi connectivity index (χ1v) is 8.40. The molecule has 0 unspecified atom stereocenters. The summed E-state index contributed by atoms with van der Waals surface area (Å²) in [4.78, 5) is 36.3. The van der Waals surface area contributed by atoms with Crippen LogP contribution in [0.4, 0.5) is 10.5 Å². The van der Waals surface area contributed by atoms with Crippen LogP contribution in [0.2, 0.25) is 0 Å². The Balaban J connectivity index is 2.43. The highest BCUT2D eigenvalue weighted by Crippen LogP contribution is 2.28. The molecule has 1 aromatic heterocycles. The van der Waals surface area contributed by atoms with Gasteiger partial charge < -0.3 is 16.0 Å². The maximum atomic E-state index is 12.4. The molecule has 9 nitrogen and oxygen atoms in total. The number of carbonyl (C=O) groups excluding carboxylic acids is 2. The number of rotatable bonds is 4. The molecule has 0 fully saturated rings. The van der Waals surface area contributed by atoms with Gasteiger partial charge in [-0.15, -0.1) is 0 Å². The predicted octanol–water partition coefficient (Wildman–Crippen LogP) is 1.53. The molecular formula is C18H23N7O2. The number of aromatic nitrogens is 2. The van der Waals surface area contributed by atoms with E-state index in [0.717, 1.165) is 16.7 Å². The lowest BCUT2D eigenvalue weighted by molar-refractivity contribution is 0.0964. The minimum Gasteiger partial charge on any atom is -0.355 e. The highest BCUT2D eigenvalue weighted by Gasteiger charge is 2.17. The van der Waals surface area contributed by atoms with Gasteiger partial charge in [0.2, 0.25) is 5.96 Å². The molecule has 4 N–H and O–H groups in total. The first-order valence-electron chi connectivity index (χ1n) is 8.40. The highest BCUT2D eigenvalue weighted by atomic mass is 16.2. The smallest absolute Gasteiger partial charge is 0.321 e. The number of anilines is 1. The maximum Gasteiger partial charge on any atom is 0.321 e. The second-order valence-electron chi connectivity index (χ2n) is 5.60. The Morgan fingerprint density at radius 2 is 1.85 bits per heavy atom. The molecule has 2 rings (SSSR count). The number of carbonyl (C=O) groups is 2. The number of urea groups is 1. The normalized spacial score (nSPS) is 10.9. The van der Waals surface area contributed by atoms with Crippen molar-refractivity contribution in [3.05, 3.63) is 42.0 Å². The molecule has 2 aromatic rings. The lowest BCUT2D eigenvalue weighted by atomic mass is 9.99. The van der Waals surface area contributed by atoms with Crippen LogP contribution in [0.5, 0.6) is 0 Å². The fraction of sp³-hybridized carbons (Fsp3) is 0.278. The number of nitrogens with one attached hydrogen (secondary N) is 4. The summed E-state index contributed by atoms with van der Waals surface area (Å²) in [5, 5.41) is 10.9. The molecule has 9 heteroatoms. The van der Waals surface area contributed by atoms with Crippen molar-refractivity contribution in [2.24, 2.45) is 4.99 Å². The van der Waals surface area contributed by atoms with Crippen LogP contribution in [0.15, 0.2) is 35.8 Å². The zero-order chi connectivity index (χ0) is 19.8. The molecule has 0 saturated heterocycles. The SMILES string of the molecule is CCNC(=O)NC(=NC)Nc1c(C)cc(-c2cncnc2)cc1C(=O)NC. The van der Waals surface area contributed by atoms with Crippen LogP contribution in [0.3, 0.4) is 0 Å². The summed E-state index contributed by atoms with van der Waals surface area (Å²) in [5.74, 6) is -0.0437. The highest BCUT2D eigenvalue weighted by molar-refractivity contribution is 6.09. The van der Waals surface area contributed by atoms with Gasteiger partial charge in [-0.25, -0.2) is 14.8 Å². The van der Waals surface area contributed by atoms with E-state index in [1.165, 1.54) is 6.33 Å². The van der Waals surface area contributed by atoms with Crippen molar-refractivity contribution in [2.75, 3.05) is 26.0 Å². The van der Waals surface area contributed by atoms with Crippen molar-refractivity contribution in [2.45, 2.75) is 13.8 Å². The summed E-state index contributed by atoms with van der Waals surface area (Å²) in [5.41, 5.74) is 3.36. The van der Waals surface area contributed by atoms with Gasteiger partial charge in [0, 0.05) is 38.6 Å². The maximum absolute atomic E-state index is 12.4. The van der Waals surface area contributed by atoms with Crippen LogP contribution in [0.25, 0.3) is 11.1 Å². The van der Waals surface area contributed by atoms with Gasteiger partial charge in [0.25, 0.3) is 5.91 Å². The van der Waals surface area contributed by atoms with Gasteiger partial charge in [-0.2, -0.15) is 0 Å². The third-order valence-corrected chi connectivity index (χ3v) is 3.74. The number of aryl methyl sites for hydroxylation is 1. The monoisotopic (exact) mass is 369 g/mol. The average Bonchev–Trinajstić information content (AvgIpc) is 2.68.